The van der Waals surface area contributed by atoms with Crippen molar-refractivity contribution >= 4 is 17.0 Å². The lowest BCUT2D eigenvalue weighted by Crippen LogP contribution is -2.29. The fourth-order valence-electron chi connectivity index (χ4n) is 4.39. The molecular formula is C25H30N2O3. The number of aromatic hydroxyl groups is 1. The normalized spacial score (nSPS) is 15.5. The first-order chi connectivity index (χ1) is 14.7. The SMILES string of the molecule is O=C(CCC1CCCC1)NCC(CCc1ccccc1O)c1nc2ccccc2o1. The van der Waals surface area contributed by atoms with Crippen molar-refractivity contribution in [1.82, 2.24) is 10.3 Å². The number of aromatic nitrogens is 1. The van der Waals surface area contributed by atoms with Gasteiger partial charge in [0.05, 0.1) is 5.92 Å². The van der Waals surface area contributed by atoms with E-state index in [1.54, 1.807) is 6.07 Å². The number of nitrogens with zero attached hydrogens (tertiary/aromatic N) is 1. The summed E-state index contributed by atoms with van der Waals surface area (Å²) in [6.45, 7) is 0.490. The minimum atomic E-state index is -0.0487. The third-order valence-corrected chi connectivity index (χ3v) is 6.21. The zero-order valence-corrected chi connectivity index (χ0v) is 17.3. The molecule has 158 valence electrons. The highest BCUT2D eigenvalue weighted by molar-refractivity contribution is 5.76. The van der Waals surface area contributed by atoms with Crippen molar-refractivity contribution in [1.29, 1.82) is 0 Å². The maximum absolute atomic E-state index is 12.4. The van der Waals surface area contributed by atoms with Crippen LogP contribution in [-0.4, -0.2) is 22.5 Å². The molecule has 30 heavy (non-hydrogen) atoms. The van der Waals surface area contributed by atoms with Crippen LogP contribution in [0.3, 0.4) is 0 Å². The van der Waals surface area contributed by atoms with Crippen LogP contribution in [-0.2, 0) is 11.2 Å². The number of nitrogens with one attached hydrogen (secondary N) is 1. The molecule has 1 unspecified atom stereocenters. The minimum Gasteiger partial charge on any atom is -0.508 e. The molecule has 0 bridgehead atoms. The maximum atomic E-state index is 12.4. The summed E-state index contributed by atoms with van der Waals surface area (Å²) < 4.78 is 6.00. The molecule has 1 fully saturated rings. The average molecular weight is 407 g/mol. The third-order valence-electron chi connectivity index (χ3n) is 6.21. The van der Waals surface area contributed by atoms with Crippen LogP contribution in [0, 0.1) is 5.92 Å². The van der Waals surface area contributed by atoms with Crippen LogP contribution in [0.2, 0.25) is 0 Å². The number of amides is 1. The monoisotopic (exact) mass is 406 g/mol. The molecule has 1 aliphatic rings. The highest BCUT2D eigenvalue weighted by Crippen LogP contribution is 2.29. The van der Waals surface area contributed by atoms with Crippen molar-refractivity contribution in [2.75, 3.05) is 6.54 Å². The molecule has 1 atom stereocenters. The van der Waals surface area contributed by atoms with Crippen LogP contribution < -0.4 is 5.32 Å². The summed E-state index contributed by atoms with van der Waals surface area (Å²) in [4.78, 5) is 17.1. The summed E-state index contributed by atoms with van der Waals surface area (Å²) in [7, 11) is 0. The molecule has 0 spiro atoms. The Hall–Kier alpha value is -2.82. The number of phenols is 1. The Morgan fingerprint density at radius 3 is 2.70 bits per heavy atom. The van der Waals surface area contributed by atoms with Crippen LogP contribution in [0.4, 0.5) is 0 Å². The predicted molar refractivity (Wildman–Crippen MR) is 117 cm³/mol. The van der Waals surface area contributed by atoms with E-state index in [1.807, 2.05) is 42.5 Å². The van der Waals surface area contributed by atoms with Gasteiger partial charge in [-0.05, 0) is 48.9 Å². The molecule has 1 aliphatic carbocycles. The van der Waals surface area contributed by atoms with E-state index in [-0.39, 0.29) is 11.8 Å². The van der Waals surface area contributed by atoms with Gasteiger partial charge in [-0.25, -0.2) is 4.98 Å². The van der Waals surface area contributed by atoms with Crippen LogP contribution >= 0.6 is 0 Å². The molecule has 3 aromatic rings. The number of oxazole rings is 1. The highest BCUT2D eigenvalue weighted by Gasteiger charge is 2.21. The Labute approximate surface area is 177 Å². The second-order valence-corrected chi connectivity index (χ2v) is 8.38. The van der Waals surface area contributed by atoms with Crippen molar-refractivity contribution in [3.05, 3.63) is 60.0 Å². The molecule has 0 aliphatic heterocycles. The predicted octanol–water partition coefficient (Wildman–Crippen LogP) is 5.34. The number of aryl methyl sites for hydroxylation is 1. The van der Waals surface area contributed by atoms with E-state index in [4.69, 9.17) is 4.42 Å². The Balaban J connectivity index is 1.41. The summed E-state index contributed by atoms with van der Waals surface area (Å²) in [5.74, 6) is 1.71. The van der Waals surface area contributed by atoms with Crippen LogP contribution in [0.15, 0.2) is 52.9 Å². The Bertz CT molecular complexity index is 942. The molecular weight excluding hydrogens is 376 g/mol. The lowest BCUT2D eigenvalue weighted by atomic mass is 9.98. The molecule has 2 N–H and O–H groups in total. The van der Waals surface area contributed by atoms with Crippen molar-refractivity contribution in [3.8, 4) is 5.75 Å². The largest absolute Gasteiger partial charge is 0.508 e. The van der Waals surface area contributed by atoms with Crippen molar-refractivity contribution in [2.24, 2.45) is 5.92 Å². The number of hydrogen-bond donors (Lipinski definition) is 2. The first-order valence-electron chi connectivity index (χ1n) is 11.1. The van der Waals surface area contributed by atoms with E-state index >= 15 is 0 Å². The molecule has 1 saturated carbocycles. The fraction of sp³-hybridized carbons (Fsp3) is 0.440. The Kier molecular flexibility index (Phi) is 6.67. The smallest absolute Gasteiger partial charge is 0.220 e. The maximum Gasteiger partial charge on any atom is 0.220 e. The van der Waals surface area contributed by atoms with Gasteiger partial charge in [0.25, 0.3) is 0 Å². The zero-order chi connectivity index (χ0) is 20.8. The fourth-order valence-corrected chi connectivity index (χ4v) is 4.39. The zero-order valence-electron chi connectivity index (χ0n) is 17.3. The summed E-state index contributed by atoms with van der Waals surface area (Å²) in [5.41, 5.74) is 2.48. The van der Waals surface area contributed by atoms with E-state index in [0.717, 1.165) is 29.5 Å². The quantitative estimate of drug-likeness (QED) is 0.503. The van der Waals surface area contributed by atoms with Gasteiger partial charge in [-0.3, -0.25) is 4.79 Å². The number of phenolic OH excluding ortho intramolecular Hbond substituents is 1. The molecule has 5 nitrogen and oxygen atoms in total. The number of carbonyl (C=O) groups excluding carboxylic acids is 1. The second-order valence-electron chi connectivity index (χ2n) is 8.38. The van der Waals surface area contributed by atoms with E-state index in [1.165, 1.54) is 25.7 Å². The summed E-state index contributed by atoms with van der Waals surface area (Å²) in [6, 6.07) is 15.1. The van der Waals surface area contributed by atoms with Crippen molar-refractivity contribution < 1.29 is 14.3 Å². The van der Waals surface area contributed by atoms with Gasteiger partial charge < -0.3 is 14.8 Å². The topological polar surface area (TPSA) is 75.4 Å². The first-order valence-corrected chi connectivity index (χ1v) is 11.1. The van der Waals surface area contributed by atoms with Crippen molar-refractivity contribution in [3.63, 3.8) is 0 Å². The molecule has 4 rings (SSSR count). The highest BCUT2D eigenvalue weighted by atomic mass is 16.3. The van der Waals surface area contributed by atoms with E-state index in [0.29, 0.717) is 36.9 Å². The Morgan fingerprint density at radius 1 is 1.13 bits per heavy atom. The van der Waals surface area contributed by atoms with Crippen LogP contribution in [0.25, 0.3) is 11.1 Å². The standard InChI is InChI=1S/C25H30N2O3/c28-22-11-5-3-9-19(22)14-15-20(25-27-21-10-4-6-12-23(21)30-25)17-26-24(29)16-13-18-7-1-2-8-18/h3-6,9-12,18,20,28H,1-2,7-8,13-17H2,(H,26,29). The molecule has 1 heterocycles. The number of fused-ring (bicyclic) bond motifs is 1. The molecule has 0 saturated heterocycles. The second kappa shape index (κ2) is 9.79. The van der Waals surface area contributed by atoms with Gasteiger partial charge in [0.15, 0.2) is 11.5 Å². The summed E-state index contributed by atoms with van der Waals surface area (Å²) >= 11 is 0. The number of hydrogen-bond acceptors (Lipinski definition) is 4. The lowest BCUT2D eigenvalue weighted by Gasteiger charge is -2.16. The van der Waals surface area contributed by atoms with Gasteiger partial charge in [-0.15, -0.1) is 0 Å². The molecule has 1 aromatic heterocycles. The van der Waals surface area contributed by atoms with Gasteiger partial charge in [0.2, 0.25) is 5.91 Å². The molecule has 2 aromatic carbocycles. The van der Waals surface area contributed by atoms with Gasteiger partial charge >= 0.3 is 0 Å². The molecule has 5 heteroatoms. The van der Waals surface area contributed by atoms with E-state index in [9.17, 15) is 9.90 Å². The van der Waals surface area contributed by atoms with Gasteiger partial charge in [-0.2, -0.15) is 0 Å². The van der Waals surface area contributed by atoms with E-state index in [2.05, 4.69) is 10.3 Å². The van der Waals surface area contributed by atoms with Gasteiger partial charge in [-0.1, -0.05) is 56.0 Å². The summed E-state index contributed by atoms with van der Waals surface area (Å²) in [6.07, 6.45) is 8.12. The van der Waals surface area contributed by atoms with Gasteiger partial charge in [0.1, 0.15) is 11.3 Å². The number of carbonyl (C=O) groups is 1. The number of rotatable bonds is 9. The Morgan fingerprint density at radius 2 is 1.90 bits per heavy atom. The molecule has 0 radical (unpaired) electrons. The molecule has 1 amide bonds. The average Bonchev–Trinajstić information content (AvgIpc) is 3.43. The van der Waals surface area contributed by atoms with E-state index < -0.39 is 0 Å². The third kappa shape index (κ3) is 5.21. The minimum absolute atomic E-state index is 0.0487. The van der Waals surface area contributed by atoms with Crippen LogP contribution in [0.1, 0.15) is 62.3 Å². The van der Waals surface area contributed by atoms with Gasteiger partial charge in [0, 0.05) is 13.0 Å². The first kappa shape index (κ1) is 20.5. The van der Waals surface area contributed by atoms with Crippen molar-refractivity contribution in [2.45, 2.75) is 57.3 Å². The lowest BCUT2D eigenvalue weighted by molar-refractivity contribution is -0.121. The number of para-hydroxylation sites is 3. The summed E-state index contributed by atoms with van der Waals surface area (Å²) in [5, 5.41) is 13.2. The number of benzene rings is 2. The van der Waals surface area contributed by atoms with Crippen LogP contribution in [0.5, 0.6) is 5.75 Å².